The van der Waals surface area contributed by atoms with Gasteiger partial charge in [0.25, 0.3) is 0 Å². The standard InChI is InChI=1S/C25H31N7O4S/c1-14(2)20(18-12-15(3)16(4)36-18)29-25-24(30-22-23(31-25)27-13-26-22)28-17-8-7-9-19(21(17)33)37(34,35)32-10-5-6-11-32/h7-9,12,14,20,33H,5-6,10-11,13H2,1-4H3,(H,26,28,30)(H,27,29,31)/t20-/m1/s1. The summed E-state index contributed by atoms with van der Waals surface area (Å²) < 4.78 is 33.7. The predicted molar refractivity (Wildman–Crippen MR) is 138 cm³/mol. The van der Waals surface area contributed by atoms with Gasteiger partial charge in [-0.1, -0.05) is 19.9 Å². The van der Waals surface area contributed by atoms with Crippen molar-refractivity contribution in [1.82, 2.24) is 14.3 Å². The van der Waals surface area contributed by atoms with E-state index in [0.29, 0.717) is 29.9 Å². The quantitative estimate of drug-likeness (QED) is 0.381. The average Bonchev–Trinajstić information content (AvgIpc) is 3.60. The van der Waals surface area contributed by atoms with Crippen LogP contribution in [0.3, 0.4) is 0 Å². The van der Waals surface area contributed by atoms with Crippen molar-refractivity contribution >= 4 is 27.3 Å². The zero-order chi connectivity index (χ0) is 26.3. The van der Waals surface area contributed by atoms with Gasteiger partial charge >= 0.3 is 0 Å². The molecule has 2 aromatic heterocycles. The van der Waals surface area contributed by atoms with E-state index in [1.54, 1.807) is 12.1 Å². The van der Waals surface area contributed by atoms with Crippen LogP contribution in [0.1, 0.15) is 49.8 Å². The first-order valence-electron chi connectivity index (χ1n) is 12.3. The molecule has 0 bridgehead atoms. The molecule has 11 nitrogen and oxygen atoms in total. The summed E-state index contributed by atoms with van der Waals surface area (Å²) in [6, 6.07) is 6.36. The molecule has 12 heteroatoms. The van der Waals surface area contributed by atoms with Crippen molar-refractivity contribution in [2.24, 2.45) is 15.9 Å². The molecule has 37 heavy (non-hydrogen) atoms. The second kappa shape index (κ2) is 9.75. The van der Waals surface area contributed by atoms with Crippen LogP contribution < -0.4 is 21.6 Å². The normalized spacial score (nSPS) is 16.4. The first-order valence-corrected chi connectivity index (χ1v) is 13.8. The Hall–Kier alpha value is -3.51. The molecular formula is C25H31N7O4S. The number of hydrogen-bond donors (Lipinski definition) is 3. The number of nitrogens with zero attached hydrogens (tertiary/aromatic N) is 5. The number of fused-ring (bicyclic) bond motifs is 1. The van der Waals surface area contributed by atoms with Crippen LogP contribution in [0.4, 0.5) is 17.3 Å². The van der Waals surface area contributed by atoms with E-state index in [-0.39, 0.29) is 40.8 Å². The van der Waals surface area contributed by atoms with Gasteiger partial charge in [0, 0.05) is 13.1 Å². The van der Waals surface area contributed by atoms with Crippen LogP contribution in [-0.2, 0) is 10.0 Å². The van der Waals surface area contributed by atoms with Gasteiger partial charge in [0.05, 0.1) is 11.7 Å². The summed E-state index contributed by atoms with van der Waals surface area (Å²) in [6.07, 6.45) is 1.61. The lowest BCUT2D eigenvalue weighted by atomic mass is 10.0. The van der Waals surface area contributed by atoms with Crippen molar-refractivity contribution in [2.75, 3.05) is 30.4 Å². The molecule has 2 aliphatic rings. The number of sulfonamides is 1. The van der Waals surface area contributed by atoms with Gasteiger partial charge in [-0.3, -0.25) is 0 Å². The SMILES string of the molecule is Cc1cc([C@H](Nc2nc3c(nc2Nc2cccc(S(=O)(=O)N4CCCC4)c2O)=NCN=3)C(C)C)oc1C. The number of hydrogen-bond acceptors (Lipinski definition) is 10. The Morgan fingerprint density at radius 1 is 1.05 bits per heavy atom. The third-order valence-electron chi connectivity index (χ3n) is 6.69. The number of anilines is 3. The topological polar surface area (TPSA) is 145 Å². The van der Waals surface area contributed by atoms with Crippen molar-refractivity contribution < 1.29 is 17.9 Å². The third kappa shape index (κ3) is 4.78. The molecule has 196 valence electrons. The highest BCUT2D eigenvalue weighted by Crippen LogP contribution is 2.37. The van der Waals surface area contributed by atoms with Gasteiger partial charge in [0.1, 0.15) is 23.1 Å². The zero-order valence-corrected chi connectivity index (χ0v) is 22.1. The Labute approximate surface area is 215 Å². The van der Waals surface area contributed by atoms with Crippen LogP contribution >= 0.6 is 0 Å². The Bertz CT molecular complexity index is 1540. The van der Waals surface area contributed by atoms with E-state index in [2.05, 4.69) is 44.4 Å². The van der Waals surface area contributed by atoms with E-state index in [1.165, 1.54) is 10.4 Å². The molecule has 0 radical (unpaired) electrons. The minimum atomic E-state index is -3.83. The molecule has 1 aromatic carbocycles. The average molecular weight is 526 g/mol. The molecule has 3 aromatic rings. The molecule has 0 amide bonds. The van der Waals surface area contributed by atoms with Gasteiger partial charge in [-0.15, -0.1) is 0 Å². The van der Waals surface area contributed by atoms with Crippen molar-refractivity contribution in [3.8, 4) is 5.75 Å². The van der Waals surface area contributed by atoms with Gasteiger partial charge in [0.15, 0.2) is 28.4 Å². The zero-order valence-electron chi connectivity index (χ0n) is 21.3. The summed E-state index contributed by atoms with van der Waals surface area (Å²) in [5.41, 5.74) is 2.03. The number of para-hydroxylation sites is 1. The van der Waals surface area contributed by atoms with E-state index in [4.69, 9.17) is 4.42 Å². The van der Waals surface area contributed by atoms with E-state index in [1.807, 2.05) is 19.9 Å². The fourth-order valence-corrected chi connectivity index (χ4v) is 6.10. The second-order valence-electron chi connectivity index (χ2n) is 9.67. The van der Waals surface area contributed by atoms with E-state index in [9.17, 15) is 13.5 Å². The minimum absolute atomic E-state index is 0.136. The Kier molecular flexibility index (Phi) is 6.63. The number of rotatable bonds is 8. The summed E-state index contributed by atoms with van der Waals surface area (Å²) in [6.45, 7) is 9.17. The first kappa shape index (κ1) is 25.2. The lowest BCUT2D eigenvalue weighted by Gasteiger charge is -2.22. The van der Waals surface area contributed by atoms with Crippen molar-refractivity contribution in [3.63, 3.8) is 0 Å². The Balaban J connectivity index is 1.54. The van der Waals surface area contributed by atoms with Gasteiger partial charge < -0.3 is 20.2 Å². The molecule has 2 aliphatic heterocycles. The van der Waals surface area contributed by atoms with Gasteiger partial charge in [0.2, 0.25) is 10.0 Å². The summed E-state index contributed by atoms with van der Waals surface area (Å²) in [5.74, 6) is 2.05. The highest BCUT2D eigenvalue weighted by molar-refractivity contribution is 7.89. The maximum Gasteiger partial charge on any atom is 0.246 e. The molecule has 4 heterocycles. The van der Waals surface area contributed by atoms with Crippen LogP contribution in [0.2, 0.25) is 0 Å². The van der Waals surface area contributed by atoms with Crippen molar-refractivity contribution in [2.45, 2.75) is 51.5 Å². The maximum absolute atomic E-state index is 13.1. The monoisotopic (exact) mass is 525 g/mol. The van der Waals surface area contributed by atoms with Crippen LogP contribution in [0, 0.1) is 19.8 Å². The number of phenolic OH excluding ortho intramolecular Hbond substituents is 1. The third-order valence-corrected chi connectivity index (χ3v) is 8.62. The van der Waals surface area contributed by atoms with Gasteiger partial charge in [-0.2, -0.15) is 4.31 Å². The highest BCUT2D eigenvalue weighted by atomic mass is 32.2. The summed E-state index contributed by atoms with van der Waals surface area (Å²) in [5, 5.41) is 17.5. The molecule has 5 rings (SSSR count). The van der Waals surface area contributed by atoms with Gasteiger partial charge in [-0.05, 0) is 56.4 Å². The number of phenols is 1. The number of furan rings is 1. The van der Waals surface area contributed by atoms with Gasteiger partial charge in [-0.25, -0.2) is 28.4 Å². The highest BCUT2D eigenvalue weighted by Gasteiger charge is 2.31. The number of aryl methyl sites for hydroxylation is 2. The smallest absolute Gasteiger partial charge is 0.246 e. The Morgan fingerprint density at radius 2 is 1.73 bits per heavy atom. The van der Waals surface area contributed by atoms with Crippen LogP contribution in [-0.4, -0.2) is 47.6 Å². The largest absolute Gasteiger partial charge is 0.504 e. The molecule has 0 aliphatic carbocycles. The van der Waals surface area contributed by atoms with E-state index >= 15 is 0 Å². The van der Waals surface area contributed by atoms with Crippen molar-refractivity contribution in [1.29, 1.82) is 0 Å². The van der Waals surface area contributed by atoms with Crippen molar-refractivity contribution in [3.05, 3.63) is 52.3 Å². The molecule has 0 saturated carbocycles. The van der Waals surface area contributed by atoms with Crippen LogP contribution in [0.25, 0.3) is 0 Å². The number of aromatic nitrogens is 2. The lowest BCUT2D eigenvalue weighted by molar-refractivity contribution is 0.407. The maximum atomic E-state index is 13.1. The second-order valence-corrected chi connectivity index (χ2v) is 11.6. The fourth-order valence-electron chi connectivity index (χ4n) is 4.48. The summed E-state index contributed by atoms with van der Waals surface area (Å²) in [7, 11) is -3.83. The number of benzene rings is 1. The summed E-state index contributed by atoms with van der Waals surface area (Å²) >= 11 is 0. The molecule has 3 N–H and O–H groups in total. The molecule has 1 atom stereocenters. The molecule has 0 spiro atoms. The Morgan fingerprint density at radius 3 is 2.35 bits per heavy atom. The number of nitrogens with one attached hydrogen (secondary N) is 2. The molecule has 1 fully saturated rings. The summed E-state index contributed by atoms with van der Waals surface area (Å²) in [4.78, 5) is 17.6. The number of aromatic hydroxyl groups is 1. The van der Waals surface area contributed by atoms with Crippen LogP contribution in [0.15, 0.2) is 43.6 Å². The lowest BCUT2D eigenvalue weighted by Crippen LogP contribution is -2.32. The first-order chi connectivity index (χ1) is 17.6. The van der Waals surface area contributed by atoms with E-state index < -0.39 is 10.0 Å². The minimum Gasteiger partial charge on any atom is -0.504 e. The molecule has 1 saturated heterocycles. The van der Waals surface area contributed by atoms with Crippen LogP contribution in [0.5, 0.6) is 5.75 Å². The fraction of sp³-hybridized carbons (Fsp3) is 0.440. The molecular weight excluding hydrogens is 494 g/mol. The molecule has 0 unspecified atom stereocenters. The van der Waals surface area contributed by atoms with E-state index in [0.717, 1.165) is 29.9 Å². The predicted octanol–water partition coefficient (Wildman–Crippen LogP) is 2.94.